The Hall–Kier alpha value is -2.82. The molecule has 3 aromatic rings. The van der Waals surface area contributed by atoms with Crippen molar-refractivity contribution in [2.45, 2.75) is 0 Å². The second kappa shape index (κ2) is 5.66. The quantitative estimate of drug-likeness (QED) is 0.799. The highest BCUT2D eigenvalue weighted by Gasteiger charge is 2.07. The van der Waals surface area contributed by atoms with E-state index in [2.05, 4.69) is 10.4 Å². The molecule has 1 heterocycles. The van der Waals surface area contributed by atoms with E-state index in [0.717, 1.165) is 10.8 Å². The molecule has 5 heteroatoms. The first-order chi connectivity index (χ1) is 10.2. The van der Waals surface area contributed by atoms with Gasteiger partial charge in [-0.3, -0.25) is 9.48 Å². The van der Waals surface area contributed by atoms with E-state index < -0.39 is 0 Å². The number of hydrogen-bond donors (Lipinski definition) is 1. The highest BCUT2D eigenvalue weighted by Crippen LogP contribution is 2.24. The molecule has 0 aliphatic heterocycles. The number of rotatable bonds is 4. The van der Waals surface area contributed by atoms with Gasteiger partial charge in [0.15, 0.2) is 12.4 Å². The van der Waals surface area contributed by atoms with Crippen LogP contribution in [0.2, 0.25) is 0 Å². The molecule has 0 aliphatic carbocycles. The van der Waals surface area contributed by atoms with E-state index in [0.29, 0.717) is 11.6 Å². The number of fused-ring (bicyclic) bond motifs is 1. The number of aromatic nitrogens is 2. The van der Waals surface area contributed by atoms with Crippen LogP contribution in [0.1, 0.15) is 0 Å². The van der Waals surface area contributed by atoms with Gasteiger partial charge in [-0.15, -0.1) is 0 Å². The molecule has 0 saturated heterocycles. The Balaban J connectivity index is 1.67. The minimum Gasteiger partial charge on any atom is -0.483 e. The van der Waals surface area contributed by atoms with Crippen LogP contribution < -0.4 is 10.1 Å². The van der Waals surface area contributed by atoms with Crippen molar-refractivity contribution >= 4 is 22.5 Å². The number of ether oxygens (including phenoxy) is 1. The van der Waals surface area contributed by atoms with Gasteiger partial charge in [0.05, 0.1) is 0 Å². The van der Waals surface area contributed by atoms with Crippen LogP contribution in [0.3, 0.4) is 0 Å². The molecule has 3 rings (SSSR count). The summed E-state index contributed by atoms with van der Waals surface area (Å²) in [4.78, 5) is 11.8. The van der Waals surface area contributed by atoms with Crippen LogP contribution in [-0.4, -0.2) is 22.3 Å². The summed E-state index contributed by atoms with van der Waals surface area (Å²) in [5.74, 6) is 0.981. The summed E-state index contributed by atoms with van der Waals surface area (Å²) in [6.45, 7) is -0.0510. The zero-order chi connectivity index (χ0) is 14.7. The third-order valence-electron chi connectivity index (χ3n) is 3.09. The molecule has 106 valence electrons. The molecule has 0 saturated carbocycles. The Morgan fingerprint density at radius 2 is 2.00 bits per heavy atom. The number of anilines is 1. The van der Waals surface area contributed by atoms with E-state index in [-0.39, 0.29) is 12.5 Å². The molecule has 0 unspecified atom stereocenters. The van der Waals surface area contributed by atoms with E-state index in [1.54, 1.807) is 24.0 Å². The fourth-order valence-electron chi connectivity index (χ4n) is 2.13. The van der Waals surface area contributed by atoms with E-state index in [1.807, 2.05) is 42.5 Å². The summed E-state index contributed by atoms with van der Waals surface area (Å²) in [6.07, 6.45) is 1.77. The van der Waals surface area contributed by atoms with Crippen molar-refractivity contribution in [3.63, 3.8) is 0 Å². The third-order valence-corrected chi connectivity index (χ3v) is 3.09. The van der Waals surface area contributed by atoms with Crippen LogP contribution >= 0.6 is 0 Å². The predicted molar refractivity (Wildman–Crippen MR) is 81.3 cm³/mol. The minimum atomic E-state index is -0.235. The van der Waals surface area contributed by atoms with Gasteiger partial charge in [-0.1, -0.05) is 36.4 Å². The highest BCUT2D eigenvalue weighted by molar-refractivity contribution is 5.92. The van der Waals surface area contributed by atoms with E-state index >= 15 is 0 Å². The Morgan fingerprint density at radius 1 is 1.19 bits per heavy atom. The molecule has 2 aromatic carbocycles. The number of hydrogen-bond acceptors (Lipinski definition) is 3. The summed E-state index contributed by atoms with van der Waals surface area (Å²) in [7, 11) is 1.79. The van der Waals surface area contributed by atoms with Crippen LogP contribution in [0.25, 0.3) is 10.8 Å². The van der Waals surface area contributed by atoms with Crippen molar-refractivity contribution in [2.24, 2.45) is 7.05 Å². The summed E-state index contributed by atoms with van der Waals surface area (Å²) in [6, 6.07) is 15.4. The van der Waals surface area contributed by atoms with Crippen molar-refractivity contribution < 1.29 is 9.53 Å². The Labute approximate surface area is 122 Å². The number of nitrogens with one attached hydrogen (secondary N) is 1. The normalized spacial score (nSPS) is 10.5. The Morgan fingerprint density at radius 3 is 2.81 bits per heavy atom. The molecule has 0 aliphatic rings. The number of carbonyl (C=O) groups is 1. The molecule has 0 bridgehead atoms. The largest absolute Gasteiger partial charge is 0.483 e. The molecular formula is C16H15N3O2. The molecule has 1 N–H and O–H groups in total. The minimum absolute atomic E-state index is 0.0510. The Bertz CT molecular complexity index is 775. The number of carbonyl (C=O) groups excluding carboxylic acids is 1. The Kier molecular flexibility index (Phi) is 3.55. The highest BCUT2D eigenvalue weighted by atomic mass is 16.5. The van der Waals surface area contributed by atoms with Crippen LogP contribution in [-0.2, 0) is 11.8 Å². The lowest BCUT2D eigenvalue weighted by molar-refractivity contribution is -0.118. The topological polar surface area (TPSA) is 56.2 Å². The molecule has 1 aromatic heterocycles. The summed E-state index contributed by atoms with van der Waals surface area (Å²) >= 11 is 0. The van der Waals surface area contributed by atoms with Gasteiger partial charge < -0.3 is 10.1 Å². The first-order valence-electron chi connectivity index (χ1n) is 6.62. The van der Waals surface area contributed by atoms with Crippen LogP contribution in [0.4, 0.5) is 5.82 Å². The fraction of sp³-hybridized carbons (Fsp3) is 0.125. The number of nitrogens with zero attached hydrogens (tertiary/aromatic N) is 2. The predicted octanol–water partition coefficient (Wildman–Crippen LogP) is 2.59. The summed E-state index contributed by atoms with van der Waals surface area (Å²) in [5.41, 5.74) is 0. The van der Waals surface area contributed by atoms with Gasteiger partial charge in [0.1, 0.15) is 5.75 Å². The lowest BCUT2D eigenvalue weighted by atomic mass is 10.1. The zero-order valence-electron chi connectivity index (χ0n) is 11.6. The SMILES string of the molecule is Cn1ccc(NC(=O)COc2cccc3ccccc23)n1. The molecule has 0 fully saturated rings. The van der Waals surface area contributed by atoms with Gasteiger partial charge in [-0.25, -0.2) is 0 Å². The molecule has 0 atom stereocenters. The number of amides is 1. The molecule has 0 radical (unpaired) electrons. The third kappa shape index (κ3) is 3.02. The second-order valence-corrected chi connectivity index (χ2v) is 4.69. The molecule has 1 amide bonds. The zero-order valence-corrected chi connectivity index (χ0v) is 11.6. The fourth-order valence-corrected chi connectivity index (χ4v) is 2.13. The summed E-state index contributed by atoms with van der Waals surface area (Å²) in [5, 5.41) is 8.84. The van der Waals surface area contributed by atoms with Gasteiger partial charge in [0.2, 0.25) is 0 Å². The van der Waals surface area contributed by atoms with Crippen molar-refractivity contribution in [1.82, 2.24) is 9.78 Å². The molecule has 5 nitrogen and oxygen atoms in total. The van der Waals surface area contributed by atoms with E-state index in [4.69, 9.17) is 4.74 Å². The molecule has 21 heavy (non-hydrogen) atoms. The van der Waals surface area contributed by atoms with Crippen LogP contribution in [0, 0.1) is 0 Å². The number of benzene rings is 2. The van der Waals surface area contributed by atoms with Gasteiger partial charge in [-0.2, -0.15) is 5.10 Å². The maximum atomic E-state index is 11.8. The smallest absolute Gasteiger partial charge is 0.263 e. The first kappa shape index (κ1) is 13.2. The van der Waals surface area contributed by atoms with Crippen molar-refractivity contribution in [1.29, 1.82) is 0 Å². The number of aryl methyl sites for hydroxylation is 1. The van der Waals surface area contributed by atoms with Crippen molar-refractivity contribution in [3.05, 3.63) is 54.7 Å². The lowest BCUT2D eigenvalue weighted by Gasteiger charge is -2.08. The van der Waals surface area contributed by atoms with Gasteiger partial charge >= 0.3 is 0 Å². The standard InChI is InChI=1S/C16H15N3O2/c1-19-10-9-15(18-19)17-16(20)11-21-14-8-4-6-12-5-2-3-7-13(12)14/h2-10H,11H2,1H3,(H,17,18,20). The van der Waals surface area contributed by atoms with Crippen LogP contribution in [0.15, 0.2) is 54.7 Å². The van der Waals surface area contributed by atoms with Gasteiger partial charge in [0, 0.05) is 24.7 Å². The van der Waals surface area contributed by atoms with Gasteiger partial charge in [-0.05, 0) is 11.5 Å². The average Bonchev–Trinajstić information content (AvgIpc) is 2.90. The van der Waals surface area contributed by atoms with Crippen molar-refractivity contribution in [3.8, 4) is 5.75 Å². The van der Waals surface area contributed by atoms with E-state index in [1.165, 1.54) is 0 Å². The summed E-state index contributed by atoms with van der Waals surface area (Å²) < 4.78 is 7.24. The molecule has 0 spiro atoms. The first-order valence-corrected chi connectivity index (χ1v) is 6.62. The molecular weight excluding hydrogens is 266 g/mol. The maximum absolute atomic E-state index is 11.8. The van der Waals surface area contributed by atoms with Crippen LogP contribution in [0.5, 0.6) is 5.75 Å². The van der Waals surface area contributed by atoms with Gasteiger partial charge in [0.25, 0.3) is 5.91 Å². The monoisotopic (exact) mass is 281 g/mol. The van der Waals surface area contributed by atoms with E-state index in [9.17, 15) is 4.79 Å². The average molecular weight is 281 g/mol. The second-order valence-electron chi connectivity index (χ2n) is 4.69. The maximum Gasteiger partial charge on any atom is 0.263 e. The lowest BCUT2D eigenvalue weighted by Crippen LogP contribution is -2.20. The van der Waals surface area contributed by atoms with Crippen molar-refractivity contribution in [2.75, 3.05) is 11.9 Å².